The molecular formula is C13H13ClO2S. The molecule has 4 heteroatoms. The summed E-state index contributed by atoms with van der Waals surface area (Å²) in [6.07, 6.45) is -0.622. The molecule has 90 valence electrons. The zero-order valence-electron chi connectivity index (χ0n) is 9.39. The van der Waals surface area contributed by atoms with Crippen LogP contribution in [0.5, 0.6) is 5.75 Å². The first-order valence-electron chi connectivity index (χ1n) is 5.35. The summed E-state index contributed by atoms with van der Waals surface area (Å²) in [5.41, 5.74) is 0.840. The van der Waals surface area contributed by atoms with Crippen LogP contribution in [-0.4, -0.2) is 11.7 Å². The van der Waals surface area contributed by atoms with Crippen molar-refractivity contribution >= 4 is 22.9 Å². The molecule has 2 aromatic rings. The van der Waals surface area contributed by atoms with E-state index in [-0.39, 0.29) is 0 Å². The van der Waals surface area contributed by atoms with Gasteiger partial charge in [-0.3, -0.25) is 0 Å². The molecule has 0 aliphatic rings. The Hall–Kier alpha value is -1.03. The Kier molecular flexibility index (Phi) is 4.05. The Morgan fingerprint density at radius 2 is 2.06 bits per heavy atom. The molecule has 1 heterocycles. The van der Waals surface area contributed by atoms with Gasteiger partial charge in [0, 0.05) is 10.3 Å². The number of halogens is 1. The predicted octanol–water partition coefficient (Wildman–Crippen LogP) is 3.88. The van der Waals surface area contributed by atoms with Crippen LogP contribution in [0.3, 0.4) is 0 Å². The third-order valence-corrected chi connectivity index (χ3v) is 3.70. The lowest BCUT2D eigenvalue weighted by atomic mass is 10.1. The lowest BCUT2D eigenvalue weighted by Gasteiger charge is -2.10. The fraction of sp³-hybridized carbons (Fsp3) is 0.231. The Bertz CT molecular complexity index is 478. The van der Waals surface area contributed by atoms with Gasteiger partial charge >= 0.3 is 0 Å². The minimum absolute atomic E-state index is 0.622. The first-order valence-corrected chi connectivity index (χ1v) is 6.61. The number of thiophene rings is 1. The van der Waals surface area contributed by atoms with Crippen LogP contribution in [0.4, 0.5) is 0 Å². The van der Waals surface area contributed by atoms with E-state index < -0.39 is 6.10 Å². The van der Waals surface area contributed by atoms with Gasteiger partial charge in [0.25, 0.3) is 0 Å². The van der Waals surface area contributed by atoms with Crippen LogP contribution in [0.2, 0.25) is 5.02 Å². The number of aliphatic hydroxyl groups excluding tert-OH is 1. The van der Waals surface area contributed by atoms with Crippen LogP contribution in [-0.2, 0) is 0 Å². The highest BCUT2D eigenvalue weighted by atomic mass is 35.5. The molecule has 1 atom stereocenters. The summed E-state index contributed by atoms with van der Waals surface area (Å²) in [6, 6.07) is 9.23. The van der Waals surface area contributed by atoms with Gasteiger partial charge in [0.05, 0.1) is 11.6 Å². The van der Waals surface area contributed by atoms with E-state index in [0.29, 0.717) is 11.6 Å². The second-order valence-electron chi connectivity index (χ2n) is 3.57. The van der Waals surface area contributed by atoms with Gasteiger partial charge in [0.15, 0.2) is 0 Å². The molecule has 0 spiro atoms. The molecule has 2 nitrogen and oxygen atoms in total. The van der Waals surface area contributed by atoms with Crippen molar-refractivity contribution in [1.82, 2.24) is 0 Å². The summed E-state index contributed by atoms with van der Waals surface area (Å²) in [5.74, 6) is 0.813. The van der Waals surface area contributed by atoms with E-state index in [4.69, 9.17) is 16.3 Å². The number of rotatable bonds is 4. The molecule has 0 aliphatic heterocycles. The maximum absolute atomic E-state index is 10.1. The fourth-order valence-corrected chi connectivity index (χ4v) is 2.64. The van der Waals surface area contributed by atoms with Crippen molar-refractivity contribution in [1.29, 1.82) is 0 Å². The van der Waals surface area contributed by atoms with Gasteiger partial charge in [-0.2, -0.15) is 0 Å². The van der Waals surface area contributed by atoms with Crippen molar-refractivity contribution in [3.8, 4) is 5.75 Å². The van der Waals surface area contributed by atoms with Crippen LogP contribution >= 0.6 is 22.9 Å². The average molecular weight is 269 g/mol. The molecular weight excluding hydrogens is 256 g/mol. The smallest absolute Gasteiger partial charge is 0.119 e. The van der Waals surface area contributed by atoms with Gasteiger partial charge in [0.1, 0.15) is 11.9 Å². The quantitative estimate of drug-likeness (QED) is 0.912. The van der Waals surface area contributed by atoms with E-state index in [2.05, 4.69) is 0 Å². The SMILES string of the molecule is CCOc1ccc(C(O)c2cc(Cl)cs2)cc1. The van der Waals surface area contributed by atoms with E-state index in [9.17, 15) is 5.11 Å². The number of ether oxygens (including phenoxy) is 1. The standard InChI is InChI=1S/C13H13ClO2S/c1-2-16-11-5-3-9(4-6-11)13(15)12-7-10(14)8-17-12/h3-8,13,15H,2H2,1H3. The lowest BCUT2D eigenvalue weighted by Crippen LogP contribution is -1.97. The largest absolute Gasteiger partial charge is 0.494 e. The zero-order valence-corrected chi connectivity index (χ0v) is 11.0. The maximum Gasteiger partial charge on any atom is 0.119 e. The fourth-order valence-electron chi connectivity index (χ4n) is 1.55. The lowest BCUT2D eigenvalue weighted by molar-refractivity contribution is 0.224. The Morgan fingerprint density at radius 1 is 1.35 bits per heavy atom. The van der Waals surface area contributed by atoms with E-state index >= 15 is 0 Å². The van der Waals surface area contributed by atoms with Gasteiger partial charge in [-0.25, -0.2) is 0 Å². The molecule has 0 bridgehead atoms. The van der Waals surface area contributed by atoms with Crippen LogP contribution in [0.25, 0.3) is 0 Å². The van der Waals surface area contributed by atoms with Gasteiger partial charge in [-0.1, -0.05) is 23.7 Å². The number of aliphatic hydroxyl groups is 1. The summed E-state index contributed by atoms with van der Waals surface area (Å²) >= 11 is 7.29. The summed E-state index contributed by atoms with van der Waals surface area (Å²) in [4.78, 5) is 0.846. The van der Waals surface area contributed by atoms with E-state index in [0.717, 1.165) is 16.2 Å². The highest BCUT2D eigenvalue weighted by molar-refractivity contribution is 7.10. The van der Waals surface area contributed by atoms with E-state index in [1.165, 1.54) is 11.3 Å². The molecule has 0 amide bonds. The Labute approximate surface area is 109 Å². The van der Waals surface area contributed by atoms with Crippen molar-refractivity contribution in [3.05, 3.63) is 51.2 Å². The van der Waals surface area contributed by atoms with Crippen molar-refractivity contribution in [2.45, 2.75) is 13.0 Å². The first-order chi connectivity index (χ1) is 8.20. The Balaban J connectivity index is 2.16. The van der Waals surface area contributed by atoms with Gasteiger partial charge in [-0.05, 0) is 30.7 Å². The van der Waals surface area contributed by atoms with Crippen LogP contribution < -0.4 is 4.74 Å². The molecule has 0 saturated heterocycles. The molecule has 0 aliphatic carbocycles. The second kappa shape index (κ2) is 5.54. The van der Waals surface area contributed by atoms with Gasteiger partial charge < -0.3 is 9.84 Å². The summed E-state index contributed by atoms with van der Waals surface area (Å²) in [6.45, 7) is 2.58. The molecule has 17 heavy (non-hydrogen) atoms. The highest BCUT2D eigenvalue weighted by Crippen LogP contribution is 2.30. The molecule has 1 N–H and O–H groups in total. The van der Waals surface area contributed by atoms with Crippen molar-refractivity contribution in [2.75, 3.05) is 6.61 Å². The van der Waals surface area contributed by atoms with E-state index in [1.807, 2.05) is 36.6 Å². The average Bonchev–Trinajstić information content (AvgIpc) is 2.76. The molecule has 0 radical (unpaired) electrons. The topological polar surface area (TPSA) is 29.5 Å². The number of hydrogen-bond donors (Lipinski definition) is 1. The number of benzene rings is 1. The van der Waals surface area contributed by atoms with Crippen molar-refractivity contribution in [2.24, 2.45) is 0 Å². The molecule has 1 unspecified atom stereocenters. The zero-order chi connectivity index (χ0) is 12.3. The molecule has 0 saturated carbocycles. The molecule has 0 fully saturated rings. The van der Waals surface area contributed by atoms with Gasteiger partial charge in [0.2, 0.25) is 0 Å². The summed E-state index contributed by atoms with van der Waals surface area (Å²) in [5, 5.41) is 12.6. The maximum atomic E-state index is 10.1. The minimum Gasteiger partial charge on any atom is -0.494 e. The highest BCUT2D eigenvalue weighted by Gasteiger charge is 2.12. The molecule has 1 aromatic heterocycles. The van der Waals surface area contributed by atoms with Crippen LogP contribution in [0.15, 0.2) is 35.7 Å². The number of hydrogen-bond acceptors (Lipinski definition) is 3. The normalized spacial score (nSPS) is 12.4. The minimum atomic E-state index is -0.622. The molecule has 1 aromatic carbocycles. The summed E-state index contributed by atoms with van der Waals surface area (Å²) in [7, 11) is 0. The van der Waals surface area contributed by atoms with Crippen LogP contribution in [0, 0.1) is 0 Å². The van der Waals surface area contributed by atoms with E-state index in [1.54, 1.807) is 6.07 Å². The predicted molar refractivity (Wildman–Crippen MR) is 71.0 cm³/mol. The van der Waals surface area contributed by atoms with Gasteiger partial charge in [-0.15, -0.1) is 11.3 Å². The van der Waals surface area contributed by atoms with Crippen molar-refractivity contribution < 1.29 is 9.84 Å². The summed E-state index contributed by atoms with van der Waals surface area (Å²) < 4.78 is 5.35. The monoisotopic (exact) mass is 268 g/mol. The Morgan fingerprint density at radius 3 is 2.59 bits per heavy atom. The molecule has 2 rings (SSSR count). The van der Waals surface area contributed by atoms with Crippen molar-refractivity contribution in [3.63, 3.8) is 0 Å². The first kappa shape index (κ1) is 12.4. The third-order valence-electron chi connectivity index (χ3n) is 2.36. The second-order valence-corrected chi connectivity index (χ2v) is 4.95. The van der Waals surface area contributed by atoms with Crippen LogP contribution in [0.1, 0.15) is 23.5 Å². The third kappa shape index (κ3) is 3.00.